The van der Waals surface area contributed by atoms with Crippen LogP contribution in [0, 0.1) is 0 Å². The van der Waals surface area contributed by atoms with E-state index < -0.39 is 5.76 Å². The van der Waals surface area contributed by atoms with Gasteiger partial charge in [0.15, 0.2) is 5.58 Å². The number of fused-ring (bicyclic) bond motifs is 1. The van der Waals surface area contributed by atoms with Gasteiger partial charge in [-0.3, -0.25) is 9.67 Å². The minimum absolute atomic E-state index is 0.131. The molecule has 0 aliphatic carbocycles. The maximum atomic E-state index is 11.1. The van der Waals surface area contributed by atoms with Gasteiger partial charge in [-0.1, -0.05) is 0 Å². The Hall–Kier alpha value is -2.50. The molecule has 1 unspecified atom stereocenters. The van der Waals surface area contributed by atoms with Crippen LogP contribution >= 0.6 is 0 Å². The average molecular weight is 272 g/mol. The van der Waals surface area contributed by atoms with Crippen molar-refractivity contribution in [2.24, 2.45) is 0 Å². The van der Waals surface area contributed by atoms with E-state index in [-0.39, 0.29) is 6.04 Å². The van der Waals surface area contributed by atoms with E-state index in [0.717, 1.165) is 17.8 Å². The largest absolute Gasteiger partial charge is 0.417 e. The predicted molar refractivity (Wildman–Crippen MR) is 76.8 cm³/mol. The van der Waals surface area contributed by atoms with E-state index in [1.165, 1.54) is 0 Å². The van der Waals surface area contributed by atoms with Gasteiger partial charge < -0.3 is 9.73 Å². The number of rotatable bonds is 4. The second-order valence-electron chi connectivity index (χ2n) is 4.72. The fourth-order valence-corrected chi connectivity index (χ4v) is 2.15. The lowest BCUT2D eigenvalue weighted by Crippen LogP contribution is -2.05. The Balaban J connectivity index is 1.82. The molecule has 2 heterocycles. The summed E-state index contributed by atoms with van der Waals surface area (Å²) in [6.07, 6.45) is 3.88. The van der Waals surface area contributed by atoms with Gasteiger partial charge in [0.05, 0.1) is 17.8 Å². The predicted octanol–water partition coefficient (Wildman–Crippen LogP) is 2.51. The van der Waals surface area contributed by atoms with Crippen molar-refractivity contribution in [2.45, 2.75) is 26.4 Å². The molecule has 0 radical (unpaired) electrons. The molecule has 2 N–H and O–H groups in total. The van der Waals surface area contributed by atoms with E-state index in [9.17, 15) is 4.79 Å². The van der Waals surface area contributed by atoms with Crippen LogP contribution in [0.3, 0.4) is 0 Å². The molecule has 3 rings (SSSR count). The van der Waals surface area contributed by atoms with Gasteiger partial charge in [0, 0.05) is 24.0 Å². The van der Waals surface area contributed by atoms with Crippen molar-refractivity contribution in [3.8, 4) is 0 Å². The molecule has 104 valence electrons. The maximum absolute atomic E-state index is 11.1. The number of nitrogens with one attached hydrogen (secondary N) is 2. The topological polar surface area (TPSA) is 75.8 Å². The maximum Gasteiger partial charge on any atom is 0.417 e. The molecule has 2 aromatic heterocycles. The van der Waals surface area contributed by atoms with Gasteiger partial charge in [-0.25, -0.2) is 4.79 Å². The lowest BCUT2D eigenvalue weighted by molar-refractivity contribution is 0.555. The third-order valence-electron chi connectivity index (χ3n) is 3.28. The van der Waals surface area contributed by atoms with Crippen molar-refractivity contribution in [1.82, 2.24) is 14.8 Å². The van der Waals surface area contributed by atoms with Crippen molar-refractivity contribution in [3.05, 3.63) is 46.7 Å². The first-order chi connectivity index (χ1) is 9.65. The third-order valence-corrected chi connectivity index (χ3v) is 3.28. The Bertz CT molecular complexity index is 784. The zero-order valence-electron chi connectivity index (χ0n) is 11.4. The van der Waals surface area contributed by atoms with E-state index in [4.69, 9.17) is 4.42 Å². The molecule has 0 aliphatic heterocycles. The van der Waals surface area contributed by atoms with Crippen LogP contribution in [0.4, 0.5) is 5.69 Å². The molecule has 0 saturated heterocycles. The molecule has 0 saturated carbocycles. The molecule has 0 amide bonds. The van der Waals surface area contributed by atoms with Crippen LogP contribution in [0.5, 0.6) is 0 Å². The van der Waals surface area contributed by atoms with E-state index in [1.54, 1.807) is 6.07 Å². The SMILES string of the molecule is CCn1cc(C(C)Nc2ccc3oc(=O)[nH]c3c2)cn1. The first-order valence-electron chi connectivity index (χ1n) is 6.57. The monoisotopic (exact) mass is 272 g/mol. The highest BCUT2D eigenvalue weighted by Crippen LogP contribution is 2.21. The fraction of sp³-hybridized carbons (Fsp3) is 0.286. The number of aromatic nitrogens is 3. The summed E-state index contributed by atoms with van der Waals surface area (Å²) >= 11 is 0. The number of anilines is 1. The minimum Gasteiger partial charge on any atom is -0.408 e. The Morgan fingerprint density at radius 3 is 3.10 bits per heavy atom. The summed E-state index contributed by atoms with van der Waals surface area (Å²) in [4.78, 5) is 13.8. The molecule has 3 aromatic rings. The minimum atomic E-state index is -0.436. The molecule has 0 bridgehead atoms. The van der Waals surface area contributed by atoms with Crippen molar-refractivity contribution in [1.29, 1.82) is 0 Å². The highest BCUT2D eigenvalue weighted by molar-refractivity contribution is 5.76. The fourth-order valence-electron chi connectivity index (χ4n) is 2.15. The number of hydrogen-bond donors (Lipinski definition) is 2. The second-order valence-corrected chi connectivity index (χ2v) is 4.72. The number of aryl methyl sites for hydroxylation is 1. The summed E-state index contributed by atoms with van der Waals surface area (Å²) in [7, 11) is 0. The lowest BCUT2D eigenvalue weighted by Gasteiger charge is -2.13. The molecule has 6 nitrogen and oxygen atoms in total. The number of oxazole rings is 1. The molecule has 0 fully saturated rings. The van der Waals surface area contributed by atoms with Crippen LogP contribution in [0.25, 0.3) is 11.1 Å². The number of aromatic amines is 1. The van der Waals surface area contributed by atoms with Crippen molar-refractivity contribution < 1.29 is 4.42 Å². The Morgan fingerprint density at radius 1 is 1.50 bits per heavy atom. The van der Waals surface area contributed by atoms with Crippen molar-refractivity contribution in [3.63, 3.8) is 0 Å². The van der Waals surface area contributed by atoms with Crippen LogP contribution in [0.15, 0.2) is 39.8 Å². The molecular weight excluding hydrogens is 256 g/mol. The molecular formula is C14H16N4O2. The highest BCUT2D eigenvalue weighted by atomic mass is 16.4. The summed E-state index contributed by atoms with van der Waals surface area (Å²) < 4.78 is 6.87. The standard InChI is InChI=1S/C14H16N4O2/c1-3-18-8-10(7-15-18)9(2)16-11-4-5-13-12(6-11)17-14(19)20-13/h4-9,16H,3H2,1-2H3,(H,17,19). The normalized spacial score (nSPS) is 12.7. The van der Waals surface area contributed by atoms with Gasteiger partial charge >= 0.3 is 5.76 Å². The summed E-state index contributed by atoms with van der Waals surface area (Å²) in [5.74, 6) is -0.436. The van der Waals surface area contributed by atoms with Gasteiger partial charge in [-0.05, 0) is 32.0 Å². The summed E-state index contributed by atoms with van der Waals surface area (Å²) in [5, 5.41) is 7.64. The number of H-pyrrole nitrogens is 1. The molecule has 1 atom stereocenters. The summed E-state index contributed by atoms with van der Waals surface area (Å²) in [5.41, 5.74) is 3.29. The summed E-state index contributed by atoms with van der Waals surface area (Å²) in [6.45, 7) is 4.98. The van der Waals surface area contributed by atoms with Crippen LogP contribution in [0.1, 0.15) is 25.5 Å². The van der Waals surface area contributed by atoms with E-state index in [1.807, 2.05) is 29.2 Å². The number of nitrogens with zero attached hydrogens (tertiary/aromatic N) is 2. The van der Waals surface area contributed by atoms with E-state index in [0.29, 0.717) is 11.1 Å². The number of hydrogen-bond acceptors (Lipinski definition) is 4. The second kappa shape index (κ2) is 4.88. The van der Waals surface area contributed by atoms with E-state index in [2.05, 4.69) is 29.2 Å². The number of benzene rings is 1. The van der Waals surface area contributed by atoms with Gasteiger partial charge in [0.2, 0.25) is 0 Å². The molecule has 1 aromatic carbocycles. The van der Waals surface area contributed by atoms with E-state index >= 15 is 0 Å². The van der Waals surface area contributed by atoms with Crippen LogP contribution in [-0.4, -0.2) is 14.8 Å². The first-order valence-corrected chi connectivity index (χ1v) is 6.57. The third kappa shape index (κ3) is 2.32. The van der Waals surface area contributed by atoms with Crippen molar-refractivity contribution in [2.75, 3.05) is 5.32 Å². The summed E-state index contributed by atoms with van der Waals surface area (Å²) in [6, 6.07) is 5.66. The zero-order chi connectivity index (χ0) is 14.1. The molecule has 20 heavy (non-hydrogen) atoms. The Labute approximate surface area is 115 Å². The van der Waals surface area contributed by atoms with Crippen LogP contribution < -0.4 is 11.1 Å². The van der Waals surface area contributed by atoms with Crippen LogP contribution in [-0.2, 0) is 6.54 Å². The van der Waals surface area contributed by atoms with Gasteiger partial charge in [0.1, 0.15) is 0 Å². The molecule has 6 heteroatoms. The smallest absolute Gasteiger partial charge is 0.408 e. The quantitative estimate of drug-likeness (QED) is 0.765. The molecule has 0 spiro atoms. The van der Waals surface area contributed by atoms with Gasteiger partial charge in [-0.15, -0.1) is 0 Å². The average Bonchev–Trinajstić information content (AvgIpc) is 3.03. The van der Waals surface area contributed by atoms with Gasteiger partial charge in [-0.2, -0.15) is 5.10 Å². The van der Waals surface area contributed by atoms with Gasteiger partial charge in [0.25, 0.3) is 0 Å². The Morgan fingerprint density at radius 2 is 2.35 bits per heavy atom. The lowest BCUT2D eigenvalue weighted by atomic mass is 10.2. The Kier molecular flexibility index (Phi) is 3.06. The highest BCUT2D eigenvalue weighted by Gasteiger charge is 2.09. The van der Waals surface area contributed by atoms with Crippen LogP contribution in [0.2, 0.25) is 0 Å². The zero-order valence-corrected chi connectivity index (χ0v) is 11.4. The van der Waals surface area contributed by atoms with Crippen molar-refractivity contribution >= 4 is 16.8 Å². The first kappa shape index (κ1) is 12.5. The molecule has 0 aliphatic rings.